The Bertz CT molecular complexity index is 865. The van der Waals surface area contributed by atoms with Crippen molar-refractivity contribution in [3.8, 4) is 11.4 Å². The number of amides is 1. The van der Waals surface area contributed by atoms with Gasteiger partial charge in [0.25, 0.3) is 0 Å². The van der Waals surface area contributed by atoms with E-state index in [9.17, 15) is 4.79 Å². The summed E-state index contributed by atoms with van der Waals surface area (Å²) in [7, 11) is 0. The van der Waals surface area contributed by atoms with Crippen molar-refractivity contribution in [1.82, 2.24) is 15.2 Å². The molecule has 1 amide bonds. The molecular formula is C17H15BrN4OS. The third-order valence-electron chi connectivity index (χ3n) is 3.20. The van der Waals surface area contributed by atoms with Crippen molar-refractivity contribution in [3.05, 3.63) is 58.6 Å². The van der Waals surface area contributed by atoms with E-state index in [0.29, 0.717) is 11.0 Å². The first-order chi connectivity index (χ1) is 11.6. The number of thioether (sulfide) groups is 1. The van der Waals surface area contributed by atoms with Crippen LogP contribution in [0.25, 0.3) is 11.4 Å². The highest BCUT2D eigenvalue weighted by molar-refractivity contribution is 9.10. The van der Waals surface area contributed by atoms with Gasteiger partial charge < -0.3 is 5.32 Å². The standard InChI is InChI=1S/C17H15BrN4OS/c1-11-4-2-5-12(8-11)16-20-17(22-21-16)24-10-15(23)19-14-7-3-6-13(18)9-14/h2-9H,10H2,1H3,(H,19,23)(H,20,21,22). The Kier molecular flexibility index (Phi) is 5.32. The molecule has 0 saturated carbocycles. The van der Waals surface area contributed by atoms with Gasteiger partial charge in [0.1, 0.15) is 0 Å². The average Bonchev–Trinajstić information content (AvgIpc) is 3.02. The first-order valence-corrected chi connectivity index (χ1v) is 9.06. The van der Waals surface area contributed by atoms with Gasteiger partial charge in [-0.15, -0.1) is 5.10 Å². The second kappa shape index (κ2) is 7.63. The number of nitrogens with one attached hydrogen (secondary N) is 2. The summed E-state index contributed by atoms with van der Waals surface area (Å²) in [6.07, 6.45) is 0. The molecule has 3 rings (SSSR count). The number of hydrogen-bond acceptors (Lipinski definition) is 4. The molecule has 3 aromatic rings. The fourth-order valence-corrected chi connectivity index (χ4v) is 3.12. The van der Waals surface area contributed by atoms with E-state index in [0.717, 1.165) is 21.3 Å². The molecule has 1 heterocycles. The predicted octanol–water partition coefficient (Wildman–Crippen LogP) is 4.27. The van der Waals surface area contributed by atoms with Crippen LogP contribution >= 0.6 is 27.7 Å². The number of anilines is 1. The topological polar surface area (TPSA) is 70.7 Å². The lowest BCUT2D eigenvalue weighted by Crippen LogP contribution is -2.14. The highest BCUT2D eigenvalue weighted by Gasteiger charge is 2.09. The molecule has 0 aliphatic heterocycles. The van der Waals surface area contributed by atoms with Crippen LogP contribution in [0.1, 0.15) is 5.56 Å². The minimum atomic E-state index is -0.0972. The summed E-state index contributed by atoms with van der Waals surface area (Å²) in [6.45, 7) is 2.03. The third kappa shape index (κ3) is 4.46. The molecule has 0 spiro atoms. The van der Waals surface area contributed by atoms with Crippen LogP contribution in [-0.2, 0) is 4.79 Å². The number of carbonyl (C=O) groups is 1. The van der Waals surface area contributed by atoms with Gasteiger partial charge in [0.2, 0.25) is 11.1 Å². The Morgan fingerprint density at radius 1 is 1.25 bits per heavy atom. The highest BCUT2D eigenvalue weighted by atomic mass is 79.9. The van der Waals surface area contributed by atoms with E-state index < -0.39 is 0 Å². The van der Waals surface area contributed by atoms with Crippen LogP contribution in [-0.4, -0.2) is 26.8 Å². The van der Waals surface area contributed by atoms with Crippen LogP contribution in [0.4, 0.5) is 5.69 Å². The molecule has 122 valence electrons. The van der Waals surface area contributed by atoms with Crippen LogP contribution in [0.15, 0.2) is 58.2 Å². The van der Waals surface area contributed by atoms with Crippen LogP contribution in [0.5, 0.6) is 0 Å². The monoisotopic (exact) mass is 402 g/mol. The van der Waals surface area contributed by atoms with Crippen LogP contribution < -0.4 is 5.32 Å². The molecule has 2 N–H and O–H groups in total. The molecule has 0 atom stereocenters. The number of benzene rings is 2. The molecule has 0 aliphatic carbocycles. The van der Waals surface area contributed by atoms with Crippen LogP contribution in [0.3, 0.4) is 0 Å². The Labute approximate surface area is 152 Å². The number of aromatic nitrogens is 3. The zero-order chi connectivity index (χ0) is 16.9. The van der Waals surface area contributed by atoms with Gasteiger partial charge in [-0.1, -0.05) is 57.5 Å². The number of aromatic amines is 1. The zero-order valence-corrected chi connectivity index (χ0v) is 15.3. The Morgan fingerprint density at radius 3 is 2.88 bits per heavy atom. The number of nitrogens with zero attached hydrogens (tertiary/aromatic N) is 2. The van der Waals surface area contributed by atoms with E-state index in [4.69, 9.17) is 0 Å². The van der Waals surface area contributed by atoms with Crippen LogP contribution in [0, 0.1) is 6.92 Å². The predicted molar refractivity (Wildman–Crippen MR) is 100 cm³/mol. The smallest absolute Gasteiger partial charge is 0.234 e. The summed E-state index contributed by atoms with van der Waals surface area (Å²) in [6, 6.07) is 15.5. The summed E-state index contributed by atoms with van der Waals surface area (Å²) in [4.78, 5) is 16.4. The fourth-order valence-electron chi connectivity index (χ4n) is 2.13. The average molecular weight is 403 g/mol. The molecule has 0 fully saturated rings. The second-order valence-electron chi connectivity index (χ2n) is 5.18. The molecule has 7 heteroatoms. The maximum absolute atomic E-state index is 12.0. The van der Waals surface area contributed by atoms with Crippen molar-refractivity contribution in [1.29, 1.82) is 0 Å². The maximum atomic E-state index is 12.0. The SMILES string of the molecule is Cc1cccc(-c2nc(SCC(=O)Nc3cccc(Br)c3)n[nH]2)c1. The fraction of sp³-hybridized carbons (Fsp3) is 0.118. The van der Waals surface area contributed by atoms with E-state index in [1.54, 1.807) is 0 Å². The normalized spacial score (nSPS) is 10.6. The van der Waals surface area contributed by atoms with Gasteiger partial charge in [-0.2, -0.15) is 0 Å². The van der Waals surface area contributed by atoms with Crippen LogP contribution in [0.2, 0.25) is 0 Å². The molecule has 0 aliphatic rings. The number of carbonyl (C=O) groups excluding carboxylic acids is 1. The molecule has 0 saturated heterocycles. The van der Waals surface area contributed by atoms with Gasteiger partial charge in [-0.05, 0) is 31.2 Å². The number of H-pyrrole nitrogens is 1. The van der Waals surface area contributed by atoms with E-state index >= 15 is 0 Å². The number of halogens is 1. The second-order valence-corrected chi connectivity index (χ2v) is 7.04. The van der Waals surface area contributed by atoms with E-state index in [-0.39, 0.29) is 11.7 Å². The van der Waals surface area contributed by atoms with Gasteiger partial charge in [0.05, 0.1) is 5.75 Å². The van der Waals surface area contributed by atoms with Crippen molar-refractivity contribution in [2.45, 2.75) is 12.1 Å². The van der Waals surface area contributed by atoms with Crippen molar-refractivity contribution < 1.29 is 4.79 Å². The van der Waals surface area contributed by atoms with E-state index in [2.05, 4.69) is 36.4 Å². The lowest BCUT2D eigenvalue weighted by molar-refractivity contribution is -0.113. The minimum absolute atomic E-state index is 0.0972. The summed E-state index contributed by atoms with van der Waals surface area (Å²) in [5, 5.41) is 10.5. The Balaban J connectivity index is 1.58. The number of aryl methyl sites for hydroxylation is 1. The number of rotatable bonds is 5. The van der Waals surface area contributed by atoms with Crippen molar-refractivity contribution in [3.63, 3.8) is 0 Å². The first kappa shape index (κ1) is 16.7. The quantitative estimate of drug-likeness (QED) is 0.624. The highest BCUT2D eigenvalue weighted by Crippen LogP contribution is 2.20. The van der Waals surface area contributed by atoms with E-state index in [1.165, 1.54) is 11.8 Å². The van der Waals surface area contributed by atoms with Gasteiger partial charge in [0, 0.05) is 15.7 Å². The molecule has 24 heavy (non-hydrogen) atoms. The summed E-state index contributed by atoms with van der Waals surface area (Å²) >= 11 is 4.67. The molecule has 0 radical (unpaired) electrons. The Morgan fingerprint density at radius 2 is 2.08 bits per heavy atom. The minimum Gasteiger partial charge on any atom is -0.325 e. The molecule has 1 aromatic heterocycles. The molecule has 2 aromatic carbocycles. The van der Waals surface area contributed by atoms with Crippen molar-refractivity contribution in [2.75, 3.05) is 11.1 Å². The third-order valence-corrected chi connectivity index (χ3v) is 4.54. The van der Waals surface area contributed by atoms with Gasteiger partial charge in [-0.25, -0.2) is 4.98 Å². The maximum Gasteiger partial charge on any atom is 0.234 e. The van der Waals surface area contributed by atoms with Crippen molar-refractivity contribution in [2.24, 2.45) is 0 Å². The molecular weight excluding hydrogens is 388 g/mol. The summed E-state index contributed by atoms with van der Waals surface area (Å²) in [5.41, 5.74) is 2.89. The van der Waals surface area contributed by atoms with E-state index in [1.807, 2.05) is 55.5 Å². The molecule has 0 bridgehead atoms. The summed E-state index contributed by atoms with van der Waals surface area (Å²) in [5.74, 6) is 0.853. The first-order valence-electron chi connectivity index (χ1n) is 7.28. The summed E-state index contributed by atoms with van der Waals surface area (Å²) < 4.78 is 0.921. The van der Waals surface area contributed by atoms with Crippen molar-refractivity contribution >= 4 is 39.3 Å². The number of hydrogen-bond donors (Lipinski definition) is 2. The zero-order valence-electron chi connectivity index (χ0n) is 12.9. The largest absolute Gasteiger partial charge is 0.325 e. The van der Waals surface area contributed by atoms with Gasteiger partial charge in [0.15, 0.2) is 5.82 Å². The molecule has 5 nitrogen and oxygen atoms in total. The lowest BCUT2D eigenvalue weighted by atomic mass is 10.1. The van der Waals surface area contributed by atoms with Gasteiger partial charge in [-0.3, -0.25) is 9.89 Å². The van der Waals surface area contributed by atoms with Gasteiger partial charge >= 0.3 is 0 Å². The lowest BCUT2D eigenvalue weighted by Gasteiger charge is -2.04. The Hall–Kier alpha value is -2.12. The molecule has 0 unspecified atom stereocenters.